The molecule has 2 N–H and O–H groups in total. The summed E-state index contributed by atoms with van der Waals surface area (Å²) in [6.45, 7) is 4.33. The van der Waals surface area contributed by atoms with Crippen LogP contribution >= 0.6 is 15.9 Å². The lowest BCUT2D eigenvalue weighted by atomic mass is 9.79. The van der Waals surface area contributed by atoms with Gasteiger partial charge in [-0.1, -0.05) is 13.8 Å². The molecule has 0 amide bonds. The molecule has 1 heterocycles. The van der Waals surface area contributed by atoms with Crippen LogP contribution in [0.2, 0.25) is 0 Å². The second kappa shape index (κ2) is 5.13. The zero-order valence-electron chi connectivity index (χ0n) is 11.2. The topological polar surface area (TPSA) is 61.0 Å². The van der Waals surface area contributed by atoms with Gasteiger partial charge in [0.05, 0.1) is 10.2 Å². The van der Waals surface area contributed by atoms with Crippen molar-refractivity contribution in [2.24, 2.45) is 5.92 Å². The van der Waals surface area contributed by atoms with Crippen LogP contribution in [0.4, 0.5) is 5.82 Å². The highest BCUT2D eigenvalue weighted by atomic mass is 79.9. The van der Waals surface area contributed by atoms with E-state index in [1.807, 2.05) is 0 Å². The molecule has 0 bridgehead atoms. The maximum Gasteiger partial charge on any atom is 0.162 e. The van der Waals surface area contributed by atoms with Gasteiger partial charge in [-0.15, -0.1) is 0 Å². The van der Waals surface area contributed by atoms with E-state index in [-0.39, 0.29) is 5.60 Å². The Kier molecular flexibility index (Phi) is 3.92. The normalized spacial score (nSPS) is 17.8. The van der Waals surface area contributed by atoms with Gasteiger partial charge in [0.1, 0.15) is 11.4 Å². The fraction of sp³-hybridized carbons (Fsp3) is 0.692. The average Bonchev–Trinajstić information content (AvgIpc) is 2.23. The molecule has 18 heavy (non-hydrogen) atoms. The molecule has 0 saturated heterocycles. The highest BCUT2D eigenvalue weighted by Crippen LogP contribution is 2.43. The maximum absolute atomic E-state index is 5.97. The van der Waals surface area contributed by atoms with Gasteiger partial charge in [-0.25, -0.2) is 9.97 Å². The predicted octanol–water partition coefficient (Wildman–Crippen LogP) is 3.05. The van der Waals surface area contributed by atoms with E-state index in [2.05, 4.69) is 39.7 Å². The van der Waals surface area contributed by atoms with Crippen LogP contribution in [-0.2, 0) is 16.8 Å². The summed E-state index contributed by atoms with van der Waals surface area (Å²) >= 11 is 3.48. The van der Waals surface area contributed by atoms with Crippen LogP contribution in [0, 0.1) is 5.92 Å². The second-order valence-corrected chi connectivity index (χ2v) is 6.14. The molecule has 1 fully saturated rings. The number of methoxy groups -OCH3 is 1. The summed E-state index contributed by atoms with van der Waals surface area (Å²) in [6.07, 6.45) is 4.00. The first kappa shape index (κ1) is 13.7. The van der Waals surface area contributed by atoms with E-state index in [0.29, 0.717) is 11.7 Å². The molecule has 0 aliphatic heterocycles. The van der Waals surface area contributed by atoms with E-state index in [1.54, 1.807) is 7.11 Å². The minimum absolute atomic E-state index is 0.305. The molecule has 0 unspecified atom stereocenters. The van der Waals surface area contributed by atoms with Gasteiger partial charge in [0, 0.05) is 7.11 Å². The second-order valence-electron chi connectivity index (χ2n) is 5.34. The van der Waals surface area contributed by atoms with Gasteiger partial charge in [-0.05, 0) is 47.5 Å². The van der Waals surface area contributed by atoms with Crippen molar-refractivity contribution >= 4 is 21.7 Å². The molecule has 1 aromatic rings. The first-order chi connectivity index (χ1) is 8.48. The first-order valence-electron chi connectivity index (χ1n) is 6.36. The largest absolute Gasteiger partial charge is 0.383 e. The van der Waals surface area contributed by atoms with Gasteiger partial charge in [0.25, 0.3) is 0 Å². The van der Waals surface area contributed by atoms with E-state index < -0.39 is 0 Å². The number of nitrogens with two attached hydrogens (primary N) is 1. The summed E-state index contributed by atoms with van der Waals surface area (Å²) in [4.78, 5) is 9.08. The average molecular weight is 314 g/mol. The molecule has 5 heteroatoms. The van der Waals surface area contributed by atoms with Crippen molar-refractivity contribution in [3.63, 3.8) is 0 Å². The number of aromatic nitrogens is 2. The summed E-state index contributed by atoms with van der Waals surface area (Å²) in [5.41, 5.74) is 6.65. The number of nitrogen functional groups attached to an aromatic ring is 1. The molecule has 1 aliphatic rings. The Bertz CT molecular complexity index is 439. The fourth-order valence-electron chi connectivity index (χ4n) is 2.26. The third kappa shape index (κ3) is 2.38. The summed E-state index contributed by atoms with van der Waals surface area (Å²) in [5.74, 6) is 1.79. The Hall–Kier alpha value is -0.680. The number of anilines is 1. The number of ether oxygens (including phenoxy) is 1. The van der Waals surface area contributed by atoms with Crippen LogP contribution < -0.4 is 5.73 Å². The molecule has 0 atom stereocenters. The summed E-state index contributed by atoms with van der Waals surface area (Å²) in [7, 11) is 1.73. The van der Waals surface area contributed by atoms with E-state index >= 15 is 0 Å². The van der Waals surface area contributed by atoms with Crippen LogP contribution in [0.15, 0.2) is 4.47 Å². The molecule has 4 nitrogen and oxygen atoms in total. The number of nitrogens with zero attached hydrogens (tertiary/aromatic N) is 2. The summed E-state index contributed by atoms with van der Waals surface area (Å²) in [5, 5.41) is 0. The van der Waals surface area contributed by atoms with Crippen molar-refractivity contribution in [1.29, 1.82) is 0 Å². The summed E-state index contributed by atoms with van der Waals surface area (Å²) in [6, 6.07) is 0. The molecular formula is C13H20BrN3O. The van der Waals surface area contributed by atoms with Gasteiger partial charge < -0.3 is 10.5 Å². The smallest absolute Gasteiger partial charge is 0.162 e. The Morgan fingerprint density at radius 1 is 1.39 bits per heavy atom. The monoisotopic (exact) mass is 313 g/mol. The lowest BCUT2D eigenvalue weighted by molar-refractivity contribution is -0.0847. The van der Waals surface area contributed by atoms with E-state index in [9.17, 15) is 0 Å². The summed E-state index contributed by atoms with van der Waals surface area (Å²) < 4.78 is 6.44. The highest BCUT2D eigenvalue weighted by molar-refractivity contribution is 9.10. The molecule has 100 valence electrons. The molecule has 1 saturated carbocycles. The Labute approximate surface area is 116 Å². The van der Waals surface area contributed by atoms with E-state index in [1.165, 1.54) is 0 Å². The Morgan fingerprint density at radius 3 is 2.50 bits per heavy atom. The molecule has 0 radical (unpaired) electrons. The number of hydrogen-bond acceptors (Lipinski definition) is 4. The minimum Gasteiger partial charge on any atom is -0.383 e. The fourth-order valence-corrected chi connectivity index (χ4v) is 2.59. The minimum atomic E-state index is -0.305. The van der Waals surface area contributed by atoms with Crippen molar-refractivity contribution in [1.82, 2.24) is 9.97 Å². The predicted molar refractivity (Wildman–Crippen MR) is 75.2 cm³/mol. The van der Waals surface area contributed by atoms with Crippen LogP contribution in [0.3, 0.4) is 0 Å². The standard InChI is InChI=1S/C13H20BrN3O/c1-8(2)7-9-10(14)11(15)17-12(16-9)13(18-3)5-4-6-13/h8H,4-7H2,1-3H3,(H2,15,16,17). The number of rotatable bonds is 4. The lowest BCUT2D eigenvalue weighted by Crippen LogP contribution is -2.38. The van der Waals surface area contributed by atoms with Crippen LogP contribution in [0.5, 0.6) is 0 Å². The van der Waals surface area contributed by atoms with Crippen LogP contribution in [-0.4, -0.2) is 17.1 Å². The zero-order chi connectivity index (χ0) is 13.3. The molecular weight excluding hydrogens is 294 g/mol. The van der Waals surface area contributed by atoms with Crippen molar-refractivity contribution in [2.45, 2.75) is 45.1 Å². The van der Waals surface area contributed by atoms with Crippen molar-refractivity contribution in [3.05, 3.63) is 16.0 Å². The van der Waals surface area contributed by atoms with E-state index in [0.717, 1.165) is 41.7 Å². The van der Waals surface area contributed by atoms with Crippen molar-refractivity contribution in [2.75, 3.05) is 12.8 Å². The van der Waals surface area contributed by atoms with Gasteiger partial charge >= 0.3 is 0 Å². The van der Waals surface area contributed by atoms with Gasteiger partial charge in [0.2, 0.25) is 0 Å². The maximum atomic E-state index is 5.97. The third-order valence-electron chi connectivity index (χ3n) is 3.51. The van der Waals surface area contributed by atoms with Gasteiger partial charge in [-0.3, -0.25) is 0 Å². The Balaban J connectivity index is 2.40. The highest BCUT2D eigenvalue weighted by Gasteiger charge is 2.42. The SMILES string of the molecule is COC1(c2nc(N)c(Br)c(CC(C)C)n2)CCC1. The first-order valence-corrected chi connectivity index (χ1v) is 7.15. The zero-order valence-corrected chi connectivity index (χ0v) is 12.7. The third-order valence-corrected chi connectivity index (χ3v) is 4.37. The quantitative estimate of drug-likeness (QED) is 0.928. The van der Waals surface area contributed by atoms with E-state index in [4.69, 9.17) is 10.5 Å². The number of hydrogen-bond donors (Lipinski definition) is 1. The Morgan fingerprint density at radius 2 is 2.06 bits per heavy atom. The van der Waals surface area contributed by atoms with Gasteiger partial charge in [-0.2, -0.15) is 0 Å². The lowest BCUT2D eigenvalue weighted by Gasteiger charge is -2.39. The molecule has 0 aromatic carbocycles. The van der Waals surface area contributed by atoms with Crippen LogP contribution in [0.25, 0.3) is 0 Å². The van der Waals surface area contributed by atoms with Gasteiger partial charge in [0.15, 0.2) is 5.82 Å². The molecule has 1 aromatic heterocycles. The number of halogens is 1. The molecule has 2 rings (SSSR count). The molecule has 0 spiro atoms. The van der Waals surface area contributed by atoms with Crippen LogP contribution in [0.1, 0.15) is 44.6 Å². The molecule has 1 aliphatic carbocycles. The van der Waals surface area contributed by atoms with Crippen molar-refractivity contribution in [3.8, 4) is 0 Å². The van der Waals surface area contributed by atoms with Crippen molar-refractivity contribution < 1.29 is 4.74 Å².